The summed E-state index contributed by atoms with van der Waals surface area (Å²) in [5.41, 5.74) is 5.80. The van der Waals surface area contributed by atoms with E-state index in [2.05, 4.69) is 31.0 Å². The van der Waals surface area contributed by atoms with E-state index in [1.807, 2.05) is 58.3 Å². The third kappa shape index (κ3) is 24.6. The molecule has 212 valence electrons. The zero-order valence-corrected chi connectivity index (χ0v) is 23.6. The van der Waals surface area contributed by atoms with E-state index >= 15 is 0 Å². The fraction of sp³-hybridized carbons (Fsp3) is 0.630. The fourth-order valence-electron chi connectivity index (χ4n) is 2.49. The molecule has 0 saturated carbocycles. The zero-order valence-electron chi connectivity index (χ0n) is 23.6. The molecule has 10 nitrogen and oxygen atoms in total. The quantitative estimate of drug-likeness (QED) is 0.264. The number of ether oxygens (including phenoxy) is 1. The van der Waals surface area contributed by atoms with Crippen LogP contribution in [0, 0.1) is 11.8 Å². The van der Waals surface area contributed by atoms with Gasteiger partial charge in [-0.25, -0.2) is 4.79 Å². The van der Waals surface area contributed by atoms with E-state index in [-0.39, 0.29) is 25.0 Å². The van der Waals surface area contributed by atoms with Crippen LogP contribution in [0.15, 0.2) is 30.3 Å². The van der Waals surface area contributed by atoms with Crippen molar-refractivity contribution in [3.8, 4) is 0 Å². The lowest BCUT2D eigenvalue weighted by Gasteiger charge is -2.23. The van der Waals surface area contributed by atoms with E-state index in [4.69, 9.17) is 15.3 Å². The first-order valence-corrected chi connectivity index (χ1v) is 12.6. The van der Waals surface area contributed by atoms with Crippen molar-refractivity contribution in [2.24, 2.45) is 17.6 Å². The van der Waals surface area contributed by atoms with E-state index in [9.17, 15) is 19.2 Å². The normalized spacial score (nSPS) is 11.1. The standard InChI is InChI=1S/C16H21NO5.C7H17N3O.C4H10/c1-13(2)10-15(11-19)22-17(8-9-18)16(20)21-12-14-6-4-3-5-7-14;1-9-4-6-10(2)5-3-7(8)11;1-4(2)3/h3-7,9,11,13,15H,8,10,12H2,1-2H3;9H,3-6H2,1-2H3,(H2,8,11);4H,1-3H3. The molecule has 0 saturated heterocycles. The number of amides is 2. The molecule has 1 atom stereocenters. The highest BCUT2D eigenvalue weighted by molar-refractivity contribution is 5.73. The monoisotopic (exact) mass is 524 g/mol. The number of benzene rings is 1. The van der Waals surface area contributed by atoms with Crippen molar-refractivity contribution in [3.05, 3.63) is 35.9 Å². The molecule has 0 aliphatic carbocycles. The summed E-state index contributed by atoms with van der Waals surface area (Å²) in [6.45, 7) is 12.8. The minimum absolute atomic E-state index is 0.0638. The molecule has 0 aromatic heterocycles. The van der Waals surface area contributed by atoms with Gasteiger partial charge in [0, 0.05) is 26.1 Å². The Labute approximate surface area is 222 Å². The van der Waals surface area contributed by atoms with Crippen LogP contribution in [0.1, 0.15) is 53.0 Å². The third-order valence-corrected chi connectivity index (χ3v) is 4.25. The summed E-state index contributed by atoms with van der Waals surface area (Å²) in [6.07, 6.45) is 0.435. The smallest absolute Gasteiger partial charge is 0.434 e. The van der Waals surface area contributed by atoms with Gasteiger partial charge in [0.05, 0.1) is 0 Å². The Kier molecular flexibility index (Phi) is 23.1. The van der Waals surface area contributed by atoms with E-state index < -0.39 is 12.2 Å². The lowest BCUT2D eigenvalue weighted by Crippen LogP contribution is -2.38. The molecule has 10 heteroatoms. The van der Waals surface area contributed by atoms with Gasteiger partial charge in [-0.3, -0.25) is 9.63 Å². The predicted octanol–water partition coefficient (Wildman–Crippen LogP) is 3.04. The lowest BCUT2D eigenvalue weighted by molar-refractivity contribution is -0.178. The van der Waals surface area contributed by atoms with E-state index in [0.717, 1.165) is 36.2 Å². The Hall–Kier alpha value is -2.82. The van der Waals surface area contributed by atoms with Gasteiger partial charge < -0.3 is 30.3 Å². The van der Waals surface area contributed by atoms with Gasteiger partial charge in [-0.15, -0.1) is 0 Å². The first-order chi connectivity index (χ1) is 17.5. The number of nitrogens with zero attached hydrogens (tertiary/aromatic N) is 2. The maximum Gasteiger partial charge on any atom is 0.434 e. The highest BCUT2D eigenvalue weighted by atomic mass is 16.7. The van der Waals surface area contributed by atoms with E-state index in [0.29, 0.717) is 25.4 Å². The van der Waals surface area contributed by atoms with Crippen molar-refractivity contribution >= 4 is 24.6 Å². The lowest BCUT2D eigenvalue weighted by atomic mass is 10.1. The van der Waals surface area contributed by atoms with Crippen LogP contribution in [0.3, 0.4) is 0 Å². The molecule has 1 aromatic rings. The molecule has 37 heavy (non-hydrogen) atoms. The molecule has 1 rings (SSSR count). The predicted molar refractivity (Wildman–Crippen MR) is 146 cm³/mol. The van der Waals surface area contributed by atoms with Crippen LogP contribution in [-0.4, -0.2) is 80.9 Å². The molecule has 0 heterocycles. The van der Waals surface area contributed by atoms with Crippen LogP contribution in [0.4, 0.5) is 4.79 Å². The molecule has 0 aliphatic heterocycles. The zero-order chi connectivity index (χ0) is 28.6. The molecule has 0 fully saturated rings. The van der Waals surface area contributed by atoms with Gasteiger partial charge in [0.15, 0.2) is 6.29 Å². The summed E-state index contributed by atoms with van der Waals surface area (Å²) in [6, 6.07) is 9.13. The van der Waals surface area contributed by atoms with Crippen LogP contribution < -0.4 is 11.1 Å². The van der Waals surface area contributed by atoms with Crippen molar-refractivity contribution in [2.45, 2.75) is 60.2 Å². The number of nitrogens with one attached hydrogen (secondary N) is 1. The second-order valence-electron chi connectivity index (χ2n) is 9.53. The van der Waals surface area contributed by atoms with Crippen LogP contribution in [0.25, 0.3) is 0 Å². The molecule has 0 radical (unpaired) electrons. The van der Waals surface area contributed by atoms with Gasteiger partial charge in [-0.1, -0.05) is 65.0 Å². The summed E-state index contributed by atoms with van der Waals surface area (Å²) in [7, 11) is 3.88. The molecular formula is C27H48N4O6. The first kappa shape index (κ1) is 36.3. The average Bonchev–Trinajstić information content (AvgIpc) is 2.84. The third-order valence-electron chi connectivity index (χ3n) is 4.25. The number of hydrogen-bond acceptors (Lipinski definition) is 8. The van der Waals surface area contributed by atoms with Crippen LogP contribution in [-0.2, 0) is 30.6 Å². The van der Waals surface area contributed by atoms with Gasteiger partial charge in [-0.2, -0.15) is 5.06 Å². The second kappa shape index (κ2) is 23.6. The summed E-state index contributed by atoms with van der Waals surface area (Å²) in [5.74, 6) is 0.815. The number of hydroxylamine groups is 2. The number of nitrogens with two attached hydrogens (primary N) is 1. The van der Waals surface area contributed by atoms with Crippen molar-refractivity contribution < 1.29 is 28.8 Å². The molecule has 0 spiro atoms. The second-order valence-corrected chi connectivity index (χ2v) is 9.53. The number of aldehydes is 2. The van der Waals surface area contributed by atoms with E-state index in [1.165, 1.54) is 0 Å². The molecule has 0 aliphatic rings. The van der Waals surface area contributed by atoms with Gasteiger partial charge in [0.1, 0.15) is 25.5 Å². The van der Waals surface area contributed by atoms with Gasteiger partial charge in [-0.05, 0) is 37.9 Å². The maximum atomic E-state index is 11.9. The van der Waals surface area contributed by atoms with Crippen molar-refractivity contribution in [3.63, 3.8) is 0 Å². The van der Waals surface area contributed by atoms with Gasteiger partial charge in [0.2, 0.25) is 5.91 Å². The van der Waals surface area contributed by atoms with Crippen molar-refractivity contribution in [1.82, 2.24) is 15.3 Å². The molecule has 1 unspecified atom stereocenters. The summed E-state index contributed by atoms with van der Waals surface area (Å²) in [5, 5.41) is 3.80. The van der Waals surface area contributed by atoms with Gasteiger partial charge in [0.25, 0.3) is 0 Å². The van der Waals surface area contributed by atoms with Gasteiger partial charge >= 0.3 is 6.09 Å². The van der Waals surface area contributed by atoms with Crippen molar-refractivity contribution in [2.75, 3.05) is 40.3 Å². The number of likely N-dealkylation sites (N-methyl/N-ethyl adjacent to an activating group) is 2. The average molecular weight is 525 g/mol. The van der Waals surface area contributed by atoms with E-state index in [1.54, 1.807) is 0 Å². The Morgan fingerprint density at radius 2 is 1.65 bits per heavy atom. The minimum Gasteiger partial charge on any atom is -0.443 e. The SMILES string of the molecule is CC(C)C.CC(C)CC(C=O)ON(CC=O)C(=O)OCc1ccccc1.CNCCN(C)CCC(N)=O. The maximum absolute atomic E-state index is 11.9. The fourth-order valence-corrected chi connectivity index (χ4v) is 2.49. The Morgan fingerprint density at radius 3 is 2.11 bits per heavy atom. The summed E-state index contributed by atoms with van der Waals surface area (Å²) < 4.78 is 5.08. The van der Waals surface area contributed by atoms with Crippen LogP contribution >= 0.6 is 0 Å². The molecule has 3 N–H and O–H groups in total. The van der Waals surface area contributed by atoms with Crippen molar-refractivity contribution in [1.29, 1.82) is 0 Å². The van der Waals surface area contributed by atoms with Crippen LogP contribution in [0.5, 0.6) is 0 Å². The topological polar surface area (TPSA) is 131 Å². The Bertz CT molecular complexity index is 728. The summed E-state index contributed by atoms with van der Waals surface area (Å²) >= 11 is 0. The molecule has 1 aromatic carbocycles. The molecular weight excluding hydrogens is 476 g/mol. The van der Waals surface area contributed by atoms with Crippen LogP contribution in [0.2, 0.25) is 0 Å². The first-order valence-electron chi connectivity index (χ1n) is 12.6. The number of rotatable bonds is 15. The number of carbonyl (C=O) groups excluding carboxylic acids is 4. The summed E-state index contributed by atoms with van der Waals surface area (Å²) in [4.78, 5) is 51.3. The number of primary amides is 1. The largest absolute Gasteiger partial charge is 0.443 e. The highest BCUT2D eigenvalue weighted by Gasteiger charge is 2.21. The highest BCUT2D eigenvalue weighted by Crippen LogP contribution is 2.10. The Morgan fingerprint density at radius 1 is 1.05 bits per heavy atom. The Balaban J connectivity index is 0. The number of carbonyl (C=O) groups is 4. The molecule has 0 bridgehead atoms. The number of hydrogen-bond donors (Lipinski definition) is 2. The molecule has 2 amide bonds. The minimum atomic E-state index is -0.799.